The molecule has 0 aromatic heterocycles. The molecule has 13 heavy (non-hydrogen) atoms. The van der Waals surface area contributed by atoms with Crippen LogP contribution in [0.3, 0.4) is 0 Å². The number of halogens is 1. The largest absolute Gasteiger partial charge is 0.442 e. The molecular formula is C8H4INO3. The first kappa shape index (κ1) is 8.61. The highest BCUT2D eigenvalue weighted by molar-refractivity contribution is 14.1. The summed E-state index contributed by atoms with van der Waals surface area (Å²) in [6, 6.07) is 0. The quantitative estimate of drug-likeness (QED) is 0.293. The number of amides is 1. The van der Waals surface area contributed by atoms with Gasteiger partial charge in [0.2, 0.25) is 0 Å². The molecule has 0 aromatic rings. The number of aliphatic imine (C=N–C) groups is 1. The fourth-order valence-corrected chi connectivity index (χ4v) is 1.67. The molecule has 1 aliphatic heterocycles. The average Bonchev–Trinajstić information content (AvgIpc) is 2.06. The van der Waals surface area contributed by atoms with E-state index in [4.69, 9.17) is 0 Å². The number of carbonyl (C=O) groups is 2. The van der Waals surface area contributed by atoms with Gasteiger partial charge in [-0.2, -0.15) is 4.99 Å². The topological polar surface area (TPSA) is 55.7 Å². The van der Waals surface area contributed by atoms with Gasteiger partial charge in [0.1, 0.15) is 0 Å². The van der Waals surface area contributed by atoms with Gasteiger partial charge >= 0.3 is 12.1 Å². The summed E-state index contributed by atoms with van der Waals surface area (Å²) in [5, 5.41) is 0. The van der Waals surface area contributed by atoms with Crippen molar-refractivity contribution in [1.29, 1.82) is 0 Å². The van der Waals surface area contributed by atoms with E-state index in [1.165, 1.54) is 0 Å². The normalized spacial score (nSPS) is 26.1. The van der Waals surface area contributed by atoms with Gasteiger partial charge in [0.05, 0.1) is 11.3 Å². The van der Waals surface area contributed by atoms with Crippen LogP contribution in [0.5, 0.6) is 0 Å². The minimum absolute atomic E-state index is 0.146. The summed E-state index contributed by atoms with van der Waals surface area (Å²) < 4.78 is 4.48. The number of cyclic esters (lactones) is 2. The highest BCUT2D eigenvalue weighted by Gasteiger charge is 2.27. The Morgan fingerprint density at radius 1 is 1.46 bits per heavy atom. The lowest BCUT2D eigenvalue weighted by atomic mass is 10.0. The molecule has 0 N–H and O–H groups in total. The second kappa shape index (κ2) is 3.06. The molecular weight excluding hydrogens is 285 g/mol. The van der Waals surface area contributed by atoms with Gasteiger partial charge in [0.25, 0.3) is 0 Å². The van der Waals surface area contributed by atoms with E-state index in [1.54, 1.807) is 12.2 Å². The van der Waals surface area contributed by atoms with Crippen LogP contribution in [0.2, 0.25) is 0 Å². The third-order valence-electron chi connectivity index (χ3n) is 1.65. The van der Waals surface area contributed by atoms with E-state index in [9.17, 15) is 9.59 Å². The number of hydrogen-bond donors (Lipinski definition) is 0. The lowest BCUT2D eigenvalue weighted by Gasteiger charge is -2.15. The Balaban J connectivity index is 2.47. The minimum atomic E-state index is -0.839. The van der Waals surface area contributed by atoms with Gasteiger partial charge in [0.15, 0.2) is 0 Å². The molecule has 0 saturated heterocycles. The van der Waals surface area contributed by atoms with Crippen molar-refractivity contribution in [2.75, 3.05) is 0 Å². The predicted molar refractivity (Wildman–Crippen MR) is 54.0 cm³/mol. The van der Waals surface area contributed by atoms with Crippen LogP contribution in [-0.4, -0.2) is 21.7 Å². The number of nitrogens with zero attached hydrogens (tertiary/aromatic N) is 1. The zero-order valence-corrected chi connectivity index (χ0v) is 8.52. The molecule has 0 spiro atoms. The Bertz CT molecular complexity index is 381. The summed E-state index contributed by atoms with van der Waals surface area (Å²) in [5.41, 5.74) is 0.774. The zero-order chi connectivity index (χ0) is 9.42. The van der Waals surface area contributed by atoms with Crippen LogP contribution in [0.1, 0.15) is 0 Å². The third kappa shape index (κ3) is 1.55. The summed E-state index contributed by atoms with van der Waals surface area (Å²) >= 11 is 2.15. The molecule has 0 radical (unpaired) electrons. The fraction of sp³-hybridized carbons (Fsp3) is 0.125. The van der Waals surface area contributed by atoms with Gasteiger partial charge in [-0.15, -0.1) is 0 Å². The predicted octanol–water partition coefficient (Wildman–Crippen LogP) is 1.40. The van der Waals surface area contributed by atoms with Crippen molar-refractivity contribution >= 4 is 40.4 Å². The highest BCUT2D eigenvalue weighted by Crippen LogP contribution is 2.20. The van der Waals surface area contributed by atoms with Crippen molar-refractivity contribution in [3.8, 4) is 0 Å². The maximum absolute atomic E-state index is 11.2. The Morgan fingerprint density at radius 3 is 3.00 bits per heavy atom. The standard InChI is InChI=1S/C8H4INO3/c9-4-1-2-6-5(3-4)7(11)13-8(12)10-6/h1-4H. The Labute approximate surface area is 87.5 Å². The molecule has 1 aliphatic carbocycles. The lowest BCUT2D eigenvalue weighted by molar-refractivity contribution is -0.132. The van der Waals surface area contributed by atoms with Crippen molar-refractivity contribution in [1.82, 2.24) is 0 Å². The molecule has 1 atom stereocenters. The molecule has 5 heteroatoms. The monoisotopic (exact) mass is 289 g/mol. The zero-order valence-electron chi connectivity index (χ0n) is 6.36. The van der Waals surface area contributed by atoms with Crippen LogP contribution in [0.4, 0.5) is 4.79 Å². The number of alkyl halides is 1. The van der Waals surface area contributed by atoms with E-state index in [1.807, 2.05) is 6.08 Å². The second-order valence-corrected chi connectivity index (χ2v) is 3.97. The molecule has 0 saturated carbocycles. The number of rotatable bonds is 0. The van der Waals surface area contributed by atoms with Crippen LogP contribution in [-0.2, 0) is 9.53 Å². The van der Waals surface area contributed by atoms with Gasteiger partial charge < -0.3 is 4.74 Å². The van der Waals surface area contributed by atoms with Crippen LogP contribution in [0.15, 0.2) is 28.8 Å². The van der Waals surface area contributed by atoms with Gasteiger partial charge in [-0.25, -0.2) is 9.59 Å². The van der Waals surface area contributed by atoms with Crippen molar-refractivity contribution in [2.45, 2.75) is 3.92 Å². The Morgan fingerprint density at radius 2 is 2.23 bits per heavy atom. The van der Waals surface area contributed by atoms with Gasteiger partial charge in [-0.3, -0.25) is 0 Å². The maximum atomic E-state index is 11.2. The first-order valence-corrected chi connectivity index (χ1v) is 4.80. The van der Waals surface area contributed by atoms with Gasteiger partial charge in [0, 0.05) is 3.92 Å². The Hall–Kier alpha value is -0.980. The van der Waals surface area contributed by atoms with Crippen molar-refractivity contribution in [3.63, 3.8) is 0 Å². The smallest absolute Gasteiger partial charge is 0.371 e. The van der Waals surface area contributed by atoms with E-state index in [2.05, 4.69) is 32.3 Å². The van der Waals surface area contributed by atoms with Crippen LogP contribution >= 0.6 is 22.6 Å². The molecule has 66 valence electrons. The number of esters is 1. The van der Waals surface area contributed by atoms with E-state index in [-0.39, 0.29) is 3.92 Å². The van der Waals surface area contributed by atoms with E-state index >= 15 is 0 Å². The number of hydrogen-bond acceptors (Lipinski definition) is 3. The van der Waals surface area contributed by atoms with Crippen molar-refractivity contribution < 1.29 is 14.3 Å². The van der Waals surface area contributed by atoms with E-state index < -0.39 is 12.1 Å². The first-order chi connectivity index (χ1) is 6.16. The van der Waals surface area contributed by atoms with E-state index in [0.29, 0.717) is 11.3 Å². The van der Waals surface area contributed by atoms with Gasteiger partial charge in [-0.1, -0.05) is 34.7 Å². The number of ether oxygens (including phenoxy) is 1. The molecule has 1 unspecified atom stereocenters. The van der Waals surface area contributed by atoms with Crippen LogP contribution in [0.25, 0.3) is 0 Å². The number of fused-ring (bicyclic) bond motifs is 1. The Kier molecular flexibility index (Phi) is 2.03. The van der Waals surface area contributed by atoms with Crippen LogP contribution in [0, 0.1) is 0 Å². The molecule has 1 amide bonds. The third-order valence-corrected chi connectivity index (χ3v) is 2.43. The first-order valence-electron chi connectivity index (χ1n) is 3.56. The molecule has 2 rings (SSSR count). The number of carbonyl (C=O) groups excluding carboxylic acids is 2. The van der Waals surface area contributed by atoms with Crippen molar-refractivity contribution in [3.05, 3.63) is 23.8 Å². The molecule has 0 aromatic carbocycles. The summed E-state index contributed by atoms with van der Waals surface area (Å²) in [7, 11) is 0. The second-order valence-electron chi connectivity index (χ2n) is 2.54. The minimum Gasteiger partial charge on any atom is -0.371 e. The molecule has 4 nitrogen and oxygen atoms in total. The van der Waals surface area contributed by atoms with Crippen LogP contribution < -0.4 is 0 Å². The highest BCUT2D eigenvalue weighted by atomic mass is 127. The fourth-order valence-electron chi connectivity index (χ4n) is 1.10. The number of allylic oxidation sites excluding steroid dienone is 3. The average molecular weight is 289 g/mol. The summed E-state index contributed by atoms with van der Waals surface area (Å²) in [6.07, 6.45) is 4.39. The summed E-state index contributed by atoms with van der Waals surface area (Å²) in [4.78, 5) is 25.4. The SMILES string of the molecule is O=C1N=C2C=CC(I)C=C2C(=O)O1. The maximum Gasteiger partial charge on any atom is 0.442 e. The molecule has 0 fully saturated rings. The molecule has 2 aliphatic rings. The molecule has 1 heterocycles. The van der Waals surface area contributed by atoms with Gasteiger partial charge in [-0.05, 0) is 6.08 Å². The molecule has 0 bridgehead atoms. The summed E-state index contributed by atoms with van der Waals surface area (Å²) in [6.45, 7) is 0. The van der Waals surface area contributed by atoms with E-state index in [0.717, 1.165) is 0 Å². The van der Waals surface area contributed by atoms with Crippen molar-refractivity contribution in [2.24, 2.45) is 4.99 Å². The lowest BCUT2D eigenvalue weighted by Crippen LogP contribution is -2.26. The summed E-state index contributed by atoms with van der Waals surface area (Å²) in [5.74, 6) is -0.610.